The summed E-state index contributed by atoms with van der Waals surface area (Å²) in [4.78, 5) is 12.0. The lowest BCUT2D eigenvalue weighted by molar-refractivity contribution is 0.0988. The van der Waals surface area contributed by atoms with Crippen molar-refractivity contribution < 1.29 is 19.0 Å². The van der Waals surface area contributed by atoms with E-state index in [4.69, 9.17) is 14.2 Å². The monoisotopic (exact) mass is 253 g/mol. The molecule has 0 aliphatic carbocycles. The summed E-state index contributed by atoms with van der Waals surface area (Å²) in [6.45, 7) is 2.95. The summed E-state index contributed by atoms with van der Waals surface area (Å²) >= 11 is 0. The Morgan fingerprint density at radius 1 is 1.06 bits per heavy atom. The summed E-state index contributed by atoms with van der Waals surface area (Å²) in [6, 6.07) is 3.29. The van der Waals surface area contributed by atoms with Crippen molar-refractivity contribution in [2.75, 3.05) is 34.4 Å². The average molecular weight is 253 g/mol. The van der Waals surface area contributed by atoms with Crippen LogP contribution in [0.15, 0.2) is 12.1 Å². The van der Waals surface area contributed by atoms with Gasteiger partial charge in [-0.15, -0.1) is 0 Å². The summed E-state index contributed by atoms with van der Waals surface area (Å²) in [7, 11) is 4.59. The van der Waals surface area contributed by atoms with Gasteiger partial charge in [0.25, 0.3) is 0 Å². The Hall–Kier alpha value is -1.75. The first-order valence-corrected chi connectivity index (χ1v) is 5.71. The van der Waals surface area contributed by atoms with Crippen LogP contribution >= 0.6 is 0 Å². The second-order valence-electron chi connectivity index (χ2n) is 3.61. The van der Waals surface area contributed by atoms with E-state index in [9.17, 15) is 4.79 Å². The van der Waals surface area contributed by atoms with Crippen LogP contribution in [0.2, 0.25) is 0 Å². The minimum atomic E-state index is -0.0466. The minimum Gasteiger partial charge on any atom is -0.496 e. The van der Waals surface area contributed by atoms with Crippen LogP contribution in [0, 0.1) is 0 Å². The maximum atomic E-state index is 12.0. The fourth-order valence-corrected chi connectivity index (χ4v) is 1.58. The SMILES string of the molecule is CCNCC(=O)c1cc(OC)c(OC)cc1OC. The summed E-state index contributed by atoms with van der Waals surface area (Å²) in [5, 5.41) is 2.99. The molecule has 5 nitrogen and oxygen atoms in total. The van der Waals surface area contributed by atoms with Gasteiger partial charge in [0.05, 0.1) is 33.4 Å². The van der Waals surface area contributed by atoms with Crippen molar-refractivity contribution in [3.63, 3.8) is 0 Å². The normalized spacial score (nSPS) is 10.0. The molecule has 0 saturated heterocycles. The van der Waals surface area contributed by atoms with Gasteiger partial charge < -0.3 is 19.5 Å². The molecule has 0 saturated carbocycles. The Labute approximate surface area is 107 Å². The van der Waals surface area contributed by atoms with Crippen LogP contribution in [-0.2, 0) is 0 Å². The van der Waals surface area contributed by atoms with E-state index in [1.54, 1.807) is 12.1 Å². The highest BCUT2D eigenvalue weighted by Gasteiger charge is 2.17. The predicted octanol–water partition coefficient (Wildman–Crippen LogP) is 1.50. The molecule has 0 aromatic heterocycles. The first-order chi connectivity index (χ1) is 8.67. The fraction of sp³-hybridized carbons (Fsp3) is 0.462. The van der Waals surface area contributed by atoms with E-state index in [0.717, 1.165) is 6.54 Å². The molecule has 0 amide bonds. The van der Waals surface area contributed by atoms with Crippen molar-refractivity contribution in [1.82, 2.24) is 5.32 Å². The number of methoxy groups -OCH3 is 3. The molecule has 0 fully saturated rings. The lowest BCUT2D eigenvalue weighted by Gasteiger charge is -2.13. The van der Waals surface area contributed by atoms with Crippen LogP contribution in [0.5, 0.6) is 17.2 Å². The van der Waals surface area contributed by atoms with Crippen LogP contribution in [0.1, 0.15) is 17.3 Å². The highest BCUT2D eigenvalue weighted by molar-refractivity contribution is 6.00. The smallest absolute Gasteiger partial charge is 0.180 e. The lowest BCUT2D eigenvalue weighted by Crippen LogP contribution is -2.23. The largest absolute Gasteiger partial charge is 0.496 e. The number of Topliss-reactive ketones (excluding diaryl/α,β-unsaturated/α-hetero) is 1. The maximum Gasteiger partial charge on any atom is 0.180 e. The van der Waals surface area contributed by atoms with Crippen LogP contribution in [-0.4, -0.2) is 40.2 Å². The third-order valence-electron chi connectivity index (χ3n) is 2.54. The summed E-state index contributed by atoms with van der Waals surface area (Å²) in [6.07, 6.45) is 0. The van der Waals surface area contributed by atoms with E-state index in [-0.39, 0.29) is 12.3 Å². The number of hydrogen-bond donors (Lipinski definition) is 1. The Morgan fingerprint density at radius 2 is 1.61 bits per heavy atom. The van der Waals surface area contributed by atoms with E-state index in [1.165, 1.54) is 21.3 Å². The zero-order valence-corrected chi connectivity index (χ0v) is 11.2. The molecule has 0 radical (unpaired) electrons. The van der Waals surface area contributed by atoms with E-state index in [0.29, 0.717) is 22.8 Å². The molecule has 1 N–H and O–H groups in total. The highest BCUT2D eigenvalue weighted by Crippen LogP contribution is 2.34. The highest BCUT2D eigenvalue weighted by atomic mass is 16.5. The minimum absolute atomic E-state index is 0.0466. The van der Waals surface area contributed by atoms with Gasteiger partial charge in [0.2, 0.25) is 0 Å². The zero-order chi connectivity index (χ0) is 13.5. The van der Waals surface area contributed by atoms with Gasteiger partial charge in [-0.1, -0.05) is 6.92 Å². The van der Waals surface area contributed by atoms with Crippen molar-refractivity contribution in [3.8, 4) is 17.2 Å². The molecule has 0 aliphatic rings. The molecular formula is C13H19NO4. The summed E-state index contributed by atoms with van der Waals surface area (Å²) in [5.41, 5.74) is 0.483. The number of ether oxygens (including phenoxy) is 3. The van der Waals surface area contributed by atoms with Gasteiger partial charge in [0, 0.05) is 6.07 Å². The number of nitrogens with one attached hydrogen (secondary N) is 1. The van der Waals surface area contributed by atoms with Crippen LogP contribution in [0.25, 0.3) is 0 Å². The van der Waals surface area contributed by atoms with Crippen molar-refractivity contribution in [2.45, 2.75) is 6.92 Å². The average Bonchev–Trinajstić information content (AvgIpc) is 2.42. The van der Waals surface area contributed by atoms with Crippen molar-refractivity contribution >= 4 is 5.78 Å². The first kappa shape index (κ1) is 14.3. The van der Waals surface area contributed by atoms with Gasteiger partial charge in [-0.2, -0.15) is 0 Å². The molecule has 1 aromatic rings. The third kappa shape index (κ3) is 3.13. The van der Waals surface area contributed by atoms with E-state index in [1.807, 2.05) is 6.92 Å². The predicted molar refractivity (Wildman–Crippen MR) is 69.0 cm³/mol. The summed E-state index contributed by atoms with van der Waals surface area (Å²) < 4.78 is 15.5. The van der Waals surface area contributed by atoms with E-state index in [2.05, 4.69) is 5.32 Å². The first-order valence-electron chi connectivity index (χ1n) is 5.71. The summed E-state index contributed by atoms with van der Waals surface area (Å²) in [5.74, 6) is 1.48. The Balaban J connectivity index is 3.12. The number of benzene rings is 1. The third-order valence-corrected chi connectivity index (χ3v) is 2.54. The molecule has 1 rings (SSSR count). The molecule has 0 unspecified atom stereocenters. The second kappa shape index (κ2) is 6.86. The van der Waals surface area contributed by atoms with Gasteiger partial charge in [-0.05, 0) is 12.6 Å². The molecule has 100 valence electrons. The van der Waals surface area contributed by atoms with Gasteiger partial charge in [0.1, 0.15) is 5.75 Å². The van der Waals surface area contributed by atoms with Crippen LogP contribution < -0.4 is 19.5 Å². The number of ketones is 1. The zero-order valence-electron chi connectivity index (χ0n) is 11.2. The van der Waals surface area contributed by atoms with Crippen molar-refractivity contribution in [3.05, 3.63) is 17.7 Å². The Bertz CT molecular complexity index is 418. The van der Waals surface area contributed by atoms with E-state index >= 15 is 0 Å². The second-order valence-corrected chi connectivity index (χ2v) is 3.61. The number of hydrogen-bond acceptors (Lipinski definition) is 5. The fourth-order valence-electron chi connectivity index (χ4n) is 1.58. The number of likely N-dealkylation sites (N-methyl/N-ethyl adjacent to an activating group) is 1. The van der Waals surface area contributed by atoms with Gasteiger partial charge in [-0.3, -0.25) is 4.79 Å². The van der Waals surface area contributed by atoms with Crippen LogP contribution in [0.3, 0.4) is 0 Å². The van der Waals surface area contributed by atoms with Gasteiger partial charge >= 0.3 is 0 Å². The molecule has 5 heteroatoms. The molecular weight excluding hydrogens is 234 g/mol. The van der Waals surface area contributed by atoms with E-state index < -0.39 is 0 Å². The molecule has 1 aromatic carbocycles. The number of carbonyl (C=O) groups is 1. The molecule has 0 atom stereocenters. The number of carbonyl (C=O) groups excluding carboxylic acids is 1. The standard InChI is InChI=1S/C13H19NO4/c1-5-14-8-10(15)9-6-12(17-3)13(18-4)7-11(9)16-2/h6-7,14H,5,8H2,1-4H3. The maximum absolute atomic E-state index is 12.0. The Kier molecular flexibility index (Phi) is 5.45. The molecule has 18 heavy (non-hydrogen) atoms. The van der Waals surface area contributed by atoms with Crippen LogP contribution in [0.4, 0.5) is 0 Å². The molecule has 0 bridgehead atoms. The molecule has 0 heterocycles. The van der Waals surface area contributed by atoms with Gasteiger partial charge in [-0.25, -0.2) is 0 Å². The van der Waals surface area contributed by atoms with Crippen molar-refractivity contribution in [2.24, 2.45) is 0 Å². The lowest BCUT2D eigenvalue weighted by atomic mass is 10.1. The molecule has 0 spiro atoms. The topological polar surface area (TPSA) is 56.8 Å². The van der Waals surface area contributed by atoms with Gasteiger partial charge in [0.15, 0.2) is 17.3 Å². The molecule has 0 aliphatic heterocycles. The Morgan fingerprint density at radius 3 is 2.11 bits per heavy atom. The quantitative estimate of drug-likeness (QED) is 0.746. The van der Waals surface area contributed by atoms with Crippen molar-refractivity contribution in [1.29, 1.82) is 0 Å². The number of rotatable bonds is 7.